The van der Waals surface area contributed by atoms with Crippen LogP contribution in [-0.4, -0.2) is 49.6 Å². The third-order valence-corrected chi connectivity index (χ3v) is 5.23. The summed E-state index contributed by atoms with van der Waals surface area (Å²) in [6.07, 6.45) is 9.11. The molecule has 1 aromatic carbocycles. The van der Waals surface area contributed by atoms with Crippen molar-refractivity contribution in [3.63, 3.8) is 0 Å². The number of fused-ring (bicyclic) bond motifs is 2. The lowest BCUT2D eigenvalue weighted by Gasteiger charge is -2.09. The Bertz CT molecular complexity index is 1350. The van der Waals surface area contributed by atoms with E-state index in [0.29, 0.717) is 24.7 Å². The maximum Gasteiger partial charge on any atom is 0.261 e. The van der Waals surface area contributed by atoms with E-state index in [4.69, 9.17) is 4.74 Å². The number of para-hydroxylation sites is 1. The van der Waals surface area contributed by atoms with Gasteiger partial charge in [-0.3, -0.25) is 19.9 Å². The molecule has 0 bridgehead atoms. The molecule has 3 aromatic heterocycles. The monoisotopic (exact) mass is 403 g/mol. The maximum atomic E-state index is 12.6. The van der Waals surface area contributed by atoms with E-state index in [1.807, 2.05) is 18.3 Å². The molecule has 3 N–H and O–H groups in total. The first-order valence-electron chi connectivity index (χ1n) is 9.77. The number of anilines is 1. The molecule has 1 amide bonds. The summed E-state index contributed by atoms with van der Waals surface area (Å²) in [7, 11) is 1.63. The van der Waals surface area contributed by atoms with E-state index in [9.17, 15) is 4.79 Å². The minimum atomic E-state index is -0.267. The van der Waals surface area contributed by atoms with Gasteiger partial charge in [0.05, 0.1) is 47.5 Å². The molecule has 0 saturated heterocycles. The number of rotatable bonds is 6. The average molecular weight is 403 g/mol. The molecule has 30 heavy (non-hydrogen) atoms. The predicted octanol–water partition coefficient (Wildman–Crippen LogP) is 1.15. The second-order valence-corrected chi connectivity index (χ2v) is 7.14. The summed E-state index contributed by atoms with van der Waals surface area (Å²) in [5.74, 6) is 0.138. The number of carbonyl (C=O) groups is 1. The Kier molecular flexibility index (Phi) is 4.64. The lowest BCUT2D eigenvalue weighted by molar-refractivity contribution is 0.102. The highest BCUT2D eigenvalue weighted by atomic mass is 16.5. The summed E-state index contributed by atoms with van der Waals surface area (Å²) in [4.78, 5) is 20.5. The quantitative estimate of drug-likeness (QED) is 0.447. The lowest BCUT2D eigenvalue weighted by Crippen LogP contribution is -2.28. The molecular formula is C21H21N7O2. The normalized spacial score (nSPS) is 13.3. The van der Waals surface area contributed by atoms with Crippen molar-refractivity contribution in [1.82, 2.24) is 29.9 Å². The van der Waals surface area contributed by atoms with E-state index in [-0.39, 0.29) is 5.91 Å². The number of amides is 1. The average Bonchev–Trinajstić information content (AvgIpc) is 3.50. The van der Waals surface area contributed by atoms with Crippen LogP contribution in [-0.2, 0) is 11.3 Å². The second kappa shape index (κ2) is 7.60. The number of nitrogens with zero attached hydrogens (tertiary/aromatic N) is 4. The Labute approximate surface area is 171 Å². The van der Waals surface area contributed by atoms with Crippen molar-refractivity contribution < 1.29 is 9.53 Å². The van der Waals surface area contributed by atoms with Gasteiger partial charge in [-0.25, -0.2) is 4.98 Å². The van der Waals surface area contributed by atoms with Crippen molar-refractivity contribution in [3.05, 3.63) is 58.5 Å². The summed E-state index contributed by atoms with van der Waals surface area (Å²) < 4.78 is 6.71. The van der Waals surface area contributed by atoms with Gasteiger partial charge in [0.1, 0.15) is 0 Å². The third kappa shape index (κ3) is 3.29. The first-order chi connectivity index (χ1) is 14.7. The molecule has 0 fully saturated rings. The number of hydrogen-bond acceptors (Lipinski definition) is 5. The van der Waals surface area contributed by atoms with Gasteiger partial charge in [-0.05, 0) is 24.5 Å². The highest BCUT2D eigenvalue weighted by molar-refractivity contribution is 6.04. The molecule has 0 radical (unpaired) electrons. The predicted molar refractivity (Wildman–Crippen MR) is 112 cm³/mol. The van der Waals surface area contributed by atoms with Crippen LogP contribution < -0.4 is 15.9 Å². The number of imidazole rings is 1. The SMILES string of the molecule is COCCn1cc(C(=O)Nc2nc3c(C4=c5cn[nH]c5=CCC4)cccc3[nH]2)cn1. The molecule has 4 aromatic rings. The number of aromatic nitrogens is 6. The summed E-state index contributed by atoms with van der Waals surface area (Å²) in [5, 5.41) is 16.4. The maximum absolute atomic E-state index is 12.6. The Balaban J connectivity index is 1.46. The van der Waals surface area contributed by atoms with E-state index >= 15 is 0 Å². The highest BCUT2D eigenvalue weighted by Gasteiger charge is 2.16. The molecule has 9 nitrogen and oxygen atoms in total. The molecule has 0 aliphatic heterocycles. The minimum Gasteiger partial charge on any atom is -0.383 e. The first-order valence-corrected chi connectivity index (χ1v) is 9.77. The molecule has 0 saturated carbocycles. The molecule has 0 atom stereocenters. The molecule has 0 unspecified atom stereocenters. The first kappa shape index (κ1) is 18.3. The van der Waals surface area contributed by atoms with Crippen LogP contribution in [0.5, 0.6) is 0 Å². The molecule has 5 rings (SSSR count). The van der Waals surface area contributed by atoms with Crippen LogP contribution in [0, 0.1) is 0 Å². The molecular weight excluding hydrogens is 382 g/mol. The Hall–Kier alpha value is -3.72. The molecule has 1 aliphatic rings. The van der Waals surface area contributed by atoms with Gasteiger partial charge in [-0.15, -0.1) is 0 Å². The smallest absolute Gasteiger partial charge is 0.261 e. The lowest BCUT2D eigenvalue weighted by atomic mass is 9.95. The van der Waals surface area contributed by atoms with E-state index in [1.54, 1.807) is 18.0 Å². The number of benzene rings is 1. The van der Waals surface area contributed by atoms with E-state index in [1.165, 1.54) is 11.8 Å². The highest BCUT2D eigenvalue weighted by Crippen LogP contribution is 2.27. The number of ether oxygens (including phenoxy) is 1. The van der Waals surface area contributed by atoms with Gasteiger partial charge >= 0.3 is 0 Å². The second-order valence-electron chi connectivity index (χ2n) is 7.14. The van der Waals surface area contributed by atoms with Crippen molar-refractivity contribution in [2.45, 2.75) is 19.4 Å². The van der Waals surface area contributed by atoms with Crippen molar-refractivity contribution >= 4 is 34.5 Å². The number of aromatic amines is 2. The minimum absolute atomic E-state index is 0.267. The van der Waals surface area contributed by atoms with Crippen molar-refractivity contribution in [2.24, 2.45) is 0 Å². The summed E-state index contributed by atoms with van der Waals surface area (Å²) >= 11 is 0. The standard InChI is InChI=1S/C21H21N7O2/c1-30-9-8-28-12-13(10-23-28)20(29)26-21-24-18-7-3-5-15(19(18)25-21)14-4-2-6-17-16(14)11-22-27-17/h3,5-7,10-12,27H,2,4,8-9H2,1H3,(H2,24,25,26,29). The Morgan fingerprint density at radius 2 is 2.27 bits per heavy atom. The number of nitrogens with one attached hydrogen (secondary N) is 3. The number of hydrogen-bond donors (Lipinski definition) is 3. The summed E-state index contributed by atoms with van der Waals surface area (Å²) in [6.45, 7) is 1.12. The third-order valence-electron chi connectivity index (χ3n) is 5.23. The van der Waals surface area contributed by atoms with Gasteiger partial charge in [0.15, 0.2) is 0 Å². The van der Waals surface area contributed by atoms with Crippen LogP contribution in [0.1, 0.15) is 28.8 Å². The zero-order valence-corrected chi connectivity index (χ0v) is 16.5. The fourth-order valence-corrected chi connectivity index (χ4v) is 3.77. The zero-order chi connectivity index (χ0) is 20.5. The number of H-pyrrole nitrogens is 2. The van der Waals surface area contributed by atoms with Crippen LogP contribution in [0.2, 0.25) is 0 Å². The molecule has 3 heterocycles. The van der Waals surface area contributed by atoms with Crippen molar-refractivity contribution in [3.8, 4) is 0 Å². The molecule has 1 aliphatic carbocycles. The Morgan fingerprint density at radius 1 is 1.33 bits per heavy atom. The van der Waals surface area contributed by atoms with E-state index in [0.717, 1.165) is 40.0 Å². The van der Waals surface area contributed by atoms with E-state index < -0.39 is 0 Å². The van der Waals surface area contributed by atoms with Gasteiger partial charge in [0.2, 0.25) is 5.95 Å². The van der Waals surface area contributed by atoms with Crippen LogP contribution in [0.25, 0.3) is 22.7 Å². The van der Waals surface area contributed by atoms with Crippen molar-refractivity contribution in [1.29, 1.82) is 0 Å². The number of methoxy groups -OCH3 is 1. The number of carbonyl (C=O) groups excluding carboxylic acids is 1. The van der Waals surface area contributed by atoms with Crippen LogP contribution in [0.4, 0.5) is 5.95 Å². The van der Waals surface area contributed by atoms with Crippen molar-refractivity contribution in [2.75, 3.05) is 19.0 Å². The van der Waals surface area contributed by atoms with Crippen LogP contribution in [0.15, 0.2) is 36.8 Å². The van der Waals surface area contributed by atoms with Gasteiger partial charge in [-0.1, -0.05) is 18.2 Å². The molecule has 9 heteroatoms. The zero-order valence-electron chi connectivity index (χ0n) is 16.5. The van der Waals surface area contributed by atoms with Gasteiger partial charge in [0.25, 0.3) is 5.91 Å². The molecule has 152 valence electrons. The van der Waals surface area contributed by atoms with Gasteiger partial charge in [0, 0.05) is 24.1 Å². The topological polar surface area (TPSA) is 114 Å². The largest absolute Gasteiger partial charge is 0.383 e. The summed E-state index contributed by atoms with van der Waals surface area (Å²) in [5.41, 5.74) is 4.41. The molecule has 0 spiro atoms. The fourth-order valence-electron chi connectivity index (χ4n) is 3.77. The van der Waals surface area contributed by atoms with Gasteiger partial charge in [-0.2, -0.15) is 10.2 Å². The summed E-state index contributed by atoms with van der Waals surface area (Å²) in [6, 6.07) is 6.01. The fraction of sp³-hybridized carbons (Fsp3) is 0.238. The van der Waals surface area contributed by atoms with Gasteiger partial charge < -0.3 is 9.72 Å². The van der Waals surface area contributed by atoms with Crippen LogP contribution >= 0.6 is 0 Å². The Morgan fingerprint density at radius 3 is 3.17 bits per heavy atom. The van der Waals surface area contributed by atoms with E-state index in [2.05, 4.69) is 42.7 Å². The van der Waals surface area contributed by atoms with Crippen LogP contribution in [0.3, 0.4) is 0 Å².